The van der Waals surface area contributed by atoms with Gasteiger partial charge in [0, 0.05) is 6.42 Å². The van der Waals surface area contributed by atoms with Crippen LogP contribution in [0.1, 0.15) is 31.2 Å². The lowest BCUT2D eigenvalue weighted by atomic mass is 9.94. The minimum atomic E-state index is 0.305. The molecule has 0 spiro atoms. The Morgan fingerprint density at radius 2 is 2.00 bits per heavy atom. The highest BCUT2D eigenvalue weighted by molar-refractivity contribution is 5.28. The average molecular weight is 174 g/mol. The van der Waals surface area contributed by atoms with Crippen molar-refractivity contribution in [2.75, 3.05) is 0 Å². The normalized spacial score (nSPS) is 12.0. The maximum Gasteiger partial charge on any atom is 0.115 e. The van der Waals surface area contributed by atoms with Crippen LogP contribution in [0, 0.1) is 12.3 Å². The molecule has 1 unspecified atom stereocenters. The highest BCUT2D eigenvalue weighted by atomic mass is 16.3. The molecule has 0 saturated carbocycles. The number of rotatable bonds is 3. The topological polar surface area (TPSA) is 20.2 Å². The Kier molecular flexibility index (Phi) is 3.40. The van der Waals surface area contributed by atoms with Crippen molar-refractivity contribution in [2.45, 2.75) is 25.7 Å². The minimum Gasteiger partial charge on any atom is -0.508 e. The van der Waals surface area contributed by atoms with Gasteiger partial charge in [0.2, 0.25) is 0 Å². The Bertz CT molecular complexity index is 292. The van der Waals surface area contributed by atoms with Crippen molar-refractivity contribution in [3.63, 3.8) is 0 Å². The molecule has 1 nitrogen and oxygen atoms in total. The smallest absolute Gasteiger partial charge is 0.115 e. The second-order valence-corrected chi connectivity index (χ2v) is 3.10. The quantitative estimate of drug-likeness (QED) is 0.698. The molecule has 0 saturated heterocycles. The van der Waals surface area contributed by atoms with Gasteiger partial charge in [-0.15, -0.1) is 12.3 Å². The third-order valence-corrected chi connectivity index (χ3v) is 2.22. The van der Waals surface area contributed by atoms with Gasteiger partial charge in [0.05, 0.1) is 0 Å². The van der Waals surface area contributed by atoms with Crippen LogP contribution >= 0.6 is 0 Å². The van der Waals surface area contributed by atoms with E-state index in [9.17, 15) is 0 Å². The summed E-state index contributed by atoms with van der Waals surface area (Å²) in [6, 6.07) is 7.27. The first-order valence-electron chi connectivity index (χ1n) is 4.50. The molecular weight excluding hydrogens is 160 g/mol. The van der Waals surface area contributed by atoms with Gasteiger partial charge in [-0.25, -0.2) is 0 Å². The van der Waals surface area contributed by atoms with Crippen LogP contribution in [0.4, 0.5) is 0 Å². The van der Waals surface area contributed by atoms with Crippen LogP contribution in [0.2, 0.25) is 0 Å². The Balaban J connectivity index is 2.80. The molecular formula is C12H14O. The maximum absolute atomic E-state index is 9.10. The Morgan fingerprint density at radius 1 is 1.38 bits per heavy atom. The molecule has 0 heterocycles. The van der Waals surface area contributed by atoms with E-state index in [0.717, 1.165) is 12.8 Å². The molecule has 1 atom stereocenters. The largest absolute Gasteiger partial charge is 0.508 e. The number of hydrogen-bond acceptors (Lipinski definition) is 1. The fourth-order valence-electron chi connectivity index (χ4n) is 1.39. The molecule has 1 aromatic rings. The Labute approximate surface area is 79.4 Å². The summed E-state index contributed by atoms with van der Waals surface area (Å²) in [6.07, 6.45) is 7.07. The zero-order valence-corrected chi connectivity index (χ0v) is 7.83. The Hall–Kier alpha value is -1.42. The van der Waals surface area contributed by atoms with E-state index in [2.05, 4.69) is 12.8 Å². The summed E-state index contributed by atoms with van der Waals surface area (Å²) in [4.78, 5) is 0. The number of phenolic OH excluding ortho intramolecular Hbond substituents is 1. The van der Waals surface area contributed by atoms with E-state index in [0.29, 0.717) is 11.7 Å². The zero-order valence-electron chi connectivity index (χ0n) is 7.83. The van der Waals surface area contributed by atoms with Gasteiger partial charge in [-0.3, -0.25) is 0 Å². The molecule has 68 valence electrons. The summed E-state index contributed by atoms with van der Waals surface area (Å²) >= 11 is 0. The molecule has 1 aromatic carbocycles. The van der Waals surface area contributed by atoms with E-state index < -0.39 is 0 Å². The van der Waals surface area contributed by atoms with Crippen molar-refractivity contribution in [1.82, 2.24) is 0 Å². The lowest BCUT2D eigenvalue weighted by Crippen LogP contribution is -1.95. The maximum atomic E-state index is 9.10. The summed E-state index contributed by atoms with van der Waals surface area (Å²) < 4.78 is 0. The summed E-state index contributed by atoms with van der Waals surface area (Å²) in [5.41, 5.74) is 1.21. The van der Waals surface area contributed by atoms with E-state index in [1.54, 1.807) is 12.1 Å². The van der Waals surface area contributed by atoms with Crippen molar-refractivity contribution >= 4 is 0 Å². The van der Waals surface area contributed by atoms with Gasteiger partial charge in [-0.1, -0.05) is 19.1 Å². The van der Waals surface area contributed by atoms with Crippen LogP contribution in [0.15, 0.2) is 24.3 Å². The fourth-order valence-corrected chi connectivity index (χ4v) is 1.39. The van der Waals surface area contributed by atoms with Crippen LogP contribution in [0.25, 0.3) is 0 Å². The van der Waals surface area contributed by atoms with Crippen molar-refractivity contribution in [1.29, 1.82) is 0 Å². The molecule has 13 heavy (non-hydrogen) atoms. The monoisotopic (exact) mass is 174 g/mol. The average Bonchev–Trinajstić information content (AvgIpc) is 2.16. The summed E-state index contributed by atoms with van der Waals surface area (Å²) in [6.45, 7) is 2.12. The predicted octanol–water partition coefficient (Wildman–Crippen LogP) is 2.91. The van der Waals surface area contributed by atoms with Crippen LogP contribution < -0.4 is 0 Å². The van der Waals surface area contributed by atoms with Crippen molar-refractivity contribution in [2.24, 2.45) is 0 Å². The molecule has 1 N–H and O–H groups in total. The van der Waals surface area contributed by atoms with Crippen molar-refractivity contribution in [3.05, 3.63) is 29.8 Å². The lowest BCUT2D eigenvalue weighted by Gasteiger charge is -2.11. The second-order valence-electron chi connectivity index (χ2n) is 3.10. The standard InChI is InChI=1S/C12H14O/c1-3-5-10(4-2)11-6-8-12(13)9-7-11/h1,6-10,13H,4-5H2,2H3. The van der Waals surface area contributed by atoms with E-state index in [1.807, 2.05) is 12.1 Å². The van der Waals surface area contributed by atoms with E-state index in [-0.39, 0.29) is 0 Å². The molecule has 0 amide bonds. The van der Waals surface area contributed by atoms with Crippen LogP contribution in [0.5, 0.6) is 5.75 Å². The van der Waals surface area contributed by atoms with Crippen molar-refractivity contribution in [3.8, 4) is 18.1 Å². The molecule has 1 rings (SSSR count). The predicted molar refractivity (Wildman–Crippen MR) is 54.6 cm³/mol. The van der Waals surface area contributed by atoms with Gasteiger partial charge in [0.1, 0.15) is 5.75 Å². The van der Waals surface area contributed by atoms with Crippen molar-refractivity contribution < 1.29 is 5.11 Å². The van der Waals surface area contributed by atoms with E-state index in [1.165, 1.54) is 5.56 Å². The van der Waals surface area contributed by atoms with Crippen LogP contribution in [-0.4, -0.2) is 5.11 Å². The van der Waals surface area contributed by atoms with Gasteiger partial charge in [0.25, 0.3) is 0 Å². The Morgan fingerprint density at radius 3 is 2.46 bits per heavy atom. The first-order chi connectivity index (χ1) is 6.27. The molecule has 0 fully saturated rings. The number of aromatic hydroxyl groups is 1. The highest BCUT2D eigenvalue weighted by Crippen LogP contribution is 2.24. The third kappa shape index (κ3) is 2.52. The van der Waals surface area contributed by atoms with Gasteiger partial charge in [0.15, 0.2) is 0 Å². The minimum absolute atomic E-state index is 0.305. The zero-order chi connectivity index (χ0) is 9.68. The first-order valence-corrected chi connectivity index (χ1v) is 4.50. The number of benzene rings is 1. The molecule has 0 aliphatic carbocycles. The SMILES string of the molecule is C#CCC(CC)c1ccc(O)cc1. The van der Waals surface area contributed by atoms with Gasteiger partial charge < -0.3 is 5.11 Å². The number of phenols is 1. The first kappa shape index (κ1) is 9.67. The molecule has 0 radical (unpaired) electrons. The van der Waals surface area contributed by atoms with Gasteiger partial charge in [-0.05, 0) is 30.0 Å². The fraction of sp³-hybridized carbons (Fsp3) is 0.333. The number of terminal acetylenes is 1. The van der Waals surface area contributed by atoms with Crippen LogP contribution in [-0.2, 0) is 0 Å². The second kappa shape index (κ2) is 4.57. The molecule has 1 heteroatoms. The van der Waals surface area contributed by atoms with Crippen LogP contribution in [0.3, 0.4) is 0 Å². The molecule has 0 aliphatic rings. The summed E-state index contributed by atoms with van der Waals surface area (Å²) in [5, 5.41) is 9.10. The van der Waals surface area contributed by atoms with E-state index in [4.69, 9.17) is 11.5 Å². The van der Waals surface area contributed by atoms with E-state index >= 15 is 0 Å². The molecule has 0 aromatic heterocycles. The van der Waals surface area contributed by atoms with Gasteiger partial charge in [-0.2, -0.15) is 0 Å². The highest BCUT2D eigenvalue weighted by Gasteiger charge is 2.06. The summed E-state index contributed by atoms with van der Waals surface area (Å²) in [5.74, 6) is 3.40. The van der Waals surface area contributed by atoms with Gasteiger partial charge >= 0.3 is 0 Å². The molecule has 0 bridgehead atoms. The molecule has 0 aliphatic heterocycles. The summed E-state index contributed by atoms with van der Waals surface area (Å²) in [7, 11) is 0. The lowest BCUT2D eigenvalue weighted by molar-refractivity contribution is 0.474. The number of hydrogen-bond donors (Lipinski definition) is 1. The third-order valence-electron chi connectivity index (χ3n) is 2.22.